The first kappa shape index (κ1) is 35.2. The molecule has 286 valence electrons. The molecule has 0 spiro atoms. The molecule has 0 aliphatic rings. The topological polar surface area (TPSA) is 8.17 Å². The third kappa shape index (κ3) is 5.93. The van der Waals surface area contributed by atoms with Crippen molar-refractivity contribution in [1.29, 1.82) is 0 Å². The van der Waals surface area contributed by atoms with E-state index in [4.69, 9.17) is 0 Å². The molecule has 2 nitrogen and oxygen atoms in total. The molecule has 0 aliphatic carbocycles. The van der Waals surface area contributed by atoms with Gasteiger partial charge in [-0.25, -0.2) is 0 Å². The van der Waals surface area contributed by atoms with Gasteiger partial charge in [0.25, 0.3) is 0 Å². The lowest BCUT2D eigenvalue weighted by atomic mass is 9.96. The Hall–Kier alpha value is -7.72. The lowest BCUT2D eigenvalue weighted by molar-refractivity contribution is 1.15. The molecular formula is C58H38N2S. The molecule has 2 heterocycles. The van der Waals surface area contributed by atoms with Crippen molar-refractivity contribution in [2.75, 3.05) is 4.90 Å². The van der Waals surface area contributed by atoms with Gasteiger partial charge in [0.1, 0.15) is 0 Å². The Morgan fingerprint density at radius 2 is 0.902 bits per heavy atom. The average molecular weight is 795 g/mol. The van der Waals surface area contributed by atoms with Crippen molar-refractivity contribution in [2.45, 2.75) is 0 Å². The third-order valence-electron chi connectivity index (χ3n) is 12.2. The monoisotopic (exact) mass is 794 g/mol. The van der Waals surface area contributed by atoms with Crippen LogP contribution in [0.2, 0.25) is 0 Å². The first-order chi connectivity index (χ1) is 30.3. The zero-order chi connectivity index (χ0) is 40.3. The normalized spacial score (nSPS) is 11.6. The van der Waals surface area contributed by atoms with E-state index in [2.05, 4.69) is 240 Å². The maximum atomic E-state index is 2.47. The summed E-state index contributed by atoms with van der Waals surface area (Å²) in [4.78, 5) is 2.47. The maximum absolute atomic E-state index is 2.47. The fourth-order valence-electron chi connectivity index (χ4n) is 9.38. The molecule has 0 saturated heterocycles. The van der Waals surface area contributed by atoms with Crippen molar-refractivity contribution < 1.29 is 0 Å². The Labute approximate surface area is 358 Å². The minimum absolute atomic E-state index is 1.08. The van der Waals surface area contributed by atoms with Crippen molar-refractivity contribution in [3.05, 3.63) is 231 Å². The highest BCUT2D eigenvalue weighted by Crippen LogP contribution is 2.48. The van der Waals surface area contributed by atoms with Crippen LogP contribution >= 0.6 is 11.3 Å². The summed E-state index contributed by atoms with van der Waals surface area (Å²) in [6, 6.07) is 84.3. The van der Waals surface area contributed by atoms with E-state index in [0.29, 0.717) is 0 Å². The van der Waals surface area contributed by atoms with Gasteiger partial charge in [-0.2, -0.15) is 0 Å². The molecule has 0 N–H and O–H groups in total. The molecule has 0 atom stereocenters. The molecule has 2 aromatic heterocycles. The van der Waals surface area contributed by atoms with Gasteiger partial charge < -0.3 is 9.47 Å². The quantitative estimate of drug-likeness (QED) is 0.156. The molecule has 10 aromatic carbocycles. The minimum atomic E-state index is 1.08. The zero-order valence-corrected chi connectivity index (χ0v) is 34.1. The molecule has 0 radical (unpaired) electrons. The van der Waals surface area contributed by atoms with Crippen LogP contribution in [0.4, 0.5) is 17.1 Å². The number of para-hydroxylation sites is 5. The molecule has 12 rings (SSSR count). The zero-order valence-electron chi connectivity index (χ0n) is 33.2. The molecule has 61 heavy (non-hydrogen) atoms. The predicted octanol–water partition coefficient (Wildman–Crippen LogP) is 16.8. The molecule has 3 heteroatoms. The largest absolute Gasteiger partial charge is 0.308 e. The Kier molecular flexibility index (Phi) is 8.39. The summed E-state index contributed by atoms with van der Waals surface area (Å²) in [6.45, 7) is 0. The van der Waals surface area contributed by atoms with Gasteiger partial charge in [-0.15, -0.1) is 11.3 Å². The molecule has 0 saturated carbocycles. The molecule has 0 fully saturated rings. The number of hydrogen-bond acceptors (Lipinski definition) is 2. The highest BCUT2D eigenvalue weighted by atomic mass is 32.1. The van der Waals surface area contributed by atoms with Crippen LogP contribution in [0.1, 0.15) is 0 Å². The highest BCUT2D eigenvalue weighted by Gasteiger charge is 2.24. The van der Waals surface area contributed by atoms with Crippen LogP contribution in [0, 0.1) is 0 Å². The number of aromatic nitrogens is 1. The molecule has 0 unspecified atom stereocenters. The Bertz CT molecular complexity index is 3560. The molecular weight excluding hydrogens is 757 g/mol. The Balaban J connectivity index is 1.06. The van der Waals surface area contributed by atoms with Crippen LogP contribution in [-0.4, -0.2) is 4.57 Å². The standard InChI is InChI=1S/C58H38N2S/c1-2-16-41-38-44(32-31-39(41)15-1)43-18-13-17-42(37-43)40-33-35-45(36-34-40)59(51-24-7-5-21-48(51)49-23-14-30-57-58(49)50-22-6-12-29-56(50)61-57)54-27-10-11-28-55(54)60-52-25-8-3-19-46(52)47-20-4-9-26-53(47)60/h1-38H. The lowest BCUT2D eigenvalue weighted by Gasteiger charge is -2.30. The van der Waals surface area contributed by atoms with Gasteiger partial charge in [0.05, 0.1) is 28.1 Å². The van der Waals surface area contributed by atoms with E-state index in [9.17, 15) is 0 Å². The number of fused-ring (bicyclic) bond motifs is 7. The van der Waals surface area contributed by atoms with E-state index < -0.39 is 0 Å². The molecule has 12 aromatic rings. The van der Waals surface area contributed by atoms with E-state index >= 15 is 0 Å². The molecule has 0 aliphatic heterocycles. The van der Waals surface area contributed by atoms with Crippen LogP contribution in [-0.2, 0) is 0 Å². The van der Waals surface area contributed by atoms with Crippen molar-refractivity contribution in [1.82, 2.24) is 4.57 Å². The number of anilines is 3. The van der Waals surface area contributed by atoms with Crippen molar-refractivity contribution in [2.24, 2.45) is 0 Å². The van der Waals surface area contributed by atoms with Crippen LogP contribution in [0.5, 0.6) is 0 Å². The van der Waals surface area contributed by atoms with E-state index in [1.165, 1.54) is 86.1 Å². The van der Waals surface area contributed by atoms with Crippen molar-refractivity contribution in [3.8, 4) is 39.1 Å². The average Bonchev–Trinajstić information content (AvgIpc) is 3.88. The fraction of sp³-hybridized carbons (Fsp3) is 0. The first-order valence-electron chi connectivity index (χ1n) is 20.8. The second kappa shape index (κ2) is 14.5. The van der Waals surface area contributed by atoms with Gasteiger partial charge in [0.2, 0.25) is 0 Å². The molecule has 0 amide bonds. The van der Waals surface area contributed by atoms with E-state index in [-0.39, 0.29) is 0 Å². The van der Waals surface area contributed by atoms with Gasteiger partial charge >= 0.3 is 0 Å². The second-order valence-electron chi connectivity index (χ2n) is 15.7. The van der Waals surface area contributed by atoms with Gasteiger partial charge in [-0.1, -0.05) is 164 Å². The van der Waals surface area contributed by atoms with Gasteiger partial charge in [-0.05, 0) is 105 Å². The SMILES string of the molecule is c1cc(-c2ccc(N(c3ccccc3-c3cccc4sc5ccccc5c34)c3ccccc3-n3c4ccccc4c4ccccc43)cc2)cc(-c2ccc3ccccc3c2)c1. The summed E-state index contributed by atoms with van der Waals surface area (Å²) in [5, 5.41) is 7.58. The summed E-state index contributed by atoms with van der Waals surface area (Å²) in [7, 11) is 0. The summed E-state index contributed by atoms with van der Waals surface area (Å²) in [5.74, 6) is 0. The molecule has 0 bridgehead atoms. The number of thiophene rings is 1. The van der Waals surface area contributed by atoms with Gasteiger partial charge in [0, 0.05) is 42.2 Å². The van der Waals surface area contributed by atoms with E-state index in [1.54, 1.807) is 0 Å². The Morgan fingerprint density at radius 3 is 1.70 bits per heavy atom. The first-order valence-corrected chi connectivity index (χ1v) is 21.7. The number of benzene rings is 10. The summed E-state index contributed by atoms with van der Waals surface area (Å²) in [5.41, 5.74) is 14.0. The van der Waals surface area contributed by atoms with Gasteiger partial charge in [0.15, 0.2) is 0 Å². The Morgan fingerprint density at radius 1 is 0.344 bits per heavy atom. The van der Waals surface area contributed by atoms with Crippen LogP contribution < -0.4 is 4.90 Å². The fourth-order valence-corrected chi connectivity index (χ4v) is 10.5. The van der Waals surface area contributed by atoms with E-state index in [0.717, 1.165) is 22.7 Å². The van der Waals surface area contributed by atoms with Crippen LogP contribution in [0.25, 0.3) is 91.8 Å². The van der Waals surface area contributed by atoms with Crippen molar-refractivity contribution in [3.63, 3.8) is 0 Å². The second-order valence-corrected chi connectivity index (χ2v) is 16.8. The van der Waals surface area contributed by atoms with Gasteiger partial charge in [-0.3, -0.25) is 0 Å². The smallest absolute Gasteiger partial charge is 0.0702 e. The minimum Gasteiger partial charge on any atom is -0.308 e. The number of nitrogens with zero attached hydrogens (tertiary/aromatic N) is 2. The summed E-state index contributed by atoms with van der Waals surface area (Å²) in [6.07, 6.45) is 0. The van der Waals surface area contributed by atoms with Crippen LogP contribution in [0.3, 0.4) is 0 Å². The predicted molar refractivity (Wildman–Crippen MR) is 262 cm³/mol. The highest BCUT2D eigenvalue weighted by molar-refractivity contribution is 7.25. The van der Waals surface area contributed by atoms with E-state index in [1.807, 2.05) is 11.3 Å². The summed E-state index contributed by atoms with van der Waals surface area (Å²) < 4.78 is 5.03. The van der Waals surface area contributed by atoms with Crippen LogP contribution in [0.15, 0.2) is 231 Å². The number of hydrogen-bond donors (Lipinski definition) is 0. The third-order valence-corrected chi connectivity index (χ3v) is 13.3. The maximum Gasteiger partial charge on any atom is 0.0702 e. The lowest BCUT2D eigenvalue weighted by Crippen LogP contribution is -2.14. The number of rotatable bonds is 7. The van der Waals surface area contributed by atoms with Crippen molar-refractivity contribution >= 4 is 81.1 Å². The summed E-state index contributed by atoms with van der Waals surface area (Å²) >= 11 is 1.86.